The van der Waals surface area contributed by atoms with Crippen molar-refractivity contribution in [1.82, 2.24) is 14.5 Å². The quantitative estimate of drug-likeness (QED) is 0.861. The zero-order valence-electron chi connectivity index (χ0n) is 11.8. The number of hydrogen-bond donors (Lipinski definition) is 1. The van der Waals surface area contributed by atoms with E-state index in [1.807, 2.05) is 24.5 Å². The molecule has 0 saturated carbocycles. The number of carbonyl (C=O) groups excluding carboxylic acids is 1. The van der Waals surface area contributed by atoms with Gasteiger partial charge < -0.3 is 15.0 Å². The summed E-state index contributed by atoms with van der Waals surface area (Å²) in [5, 5.41) is 0. The van der Waals surface area contributed by atoms with Crippen LogP contribution in [0.3, 0.4) is 0 Å². The summed E-state index contributed by atoms with van der Waals surface area (Å²) in [6, 6.07) is 3.16. The van der Waals surface area contributed by atoms with Gasteiger partial charge in [-0.1, -0.05) is 13.8 Å². The molecule has 106 valence electrons. The van der Waals surface area contributed by atoms with Crippen LogP contribution in [0.2, 0.25) is 0 Å². The largest absolute Gasteiger partial charge is 0.467 e. The number of imidazole rings is 1. The van der Waals surface area contributed by atoms with Gasteiger partial charge in [0.1, 0.15) is 11.9 Å². The van der Waals surface area contributed by atoms with Gasteiger partial charge in [0.25, 0.3) is 0 Å². The highest BCUT2D eigenvalue weighted by atomic mass is 16.5. The van der Waals surface area contributed by atoms with Gasteiger partial charge in [-0.3, -0.25) is 0 Å². The molecule has 0 amide bonds. The average Bonchev–Trinajstić information content (AvgIpc) is 2.87. The molecule has 6 nitrogen and oxygen atoms in total. The minimum Gasteiger partial charge on any atom is -0.467 e. The molecule has 0 aliphatic carbocycles. The fraction of sp³-hybridized carbons (Fsp3) is 0.357. The molecule has 20 heavy (non-hydrogen) atoms. The first-order valence-corrected chi connectivity index (χ1v) is 6.36. The van der Waals surface area contributed by atoms with Gasteiger partial charge in [-0.2, -0.15) is 0 Å². The summed E-state index contributed by atoms with van der Waals surface area (Å²) in [6.45, 7) is 3.93. The number of esters is 1. The lowest BCUT2D eigenvalue weighted by molar-refractivity contribution is -0.146. The molecule has 6 heteroatoms. The molecule has 0 saturated heterocycles. The predicted octanol–water partition coefficient (Wildman–Crippen LogP) is 1.90. The fourth-order valence-corrected chi connectivity index (χ4v) is 2.19. The molecule has 2 aromatic heterocycles. The van der Waals surface area contributed by atoms with Crippen LogP contribution in [0.4, 0.5) is 5.82 Å². The Balaban J connectivity index is 2.49. The molecule has 0 fully saturated rings. The van der Waals surface area contributed by atoms with Crippen LogP contribution in [-0.2, 0) is 9.53 Å². The molecule has 2 N–H and O–H groups in total. The van der Waals surface area contributed by atoms with Crippen molar-refractivity contribution in [3.05, 3.63) is 30.9 Å². The summed E-state index contributed by atoms with van der Waals surface area (Å²) in [5.74, 6) is 0.213. The minimum absolute atomic E-state index is 0.0783. The molecule has 0 aromatic carbocycles. The summed E-state index contributed by atoms with van der Waals surface area (Å²) in [4.78, 5) is 20.1. The van der Waals surface area contributed by atoms with Crippen molar-refractivity contribution in [2.45, 2.75) is 19.9 Å². The van der Waals surface area contributed by atoms with Crippen molar-refractivity contribution in [2.75, 3.05) is 12.8 Å². The second-order valence-electron chi connectivity index (χ2n) is 4.87. The maximum absolute atomic E-state index is 12.0. The second kappa shape index (κ2) is 5.73. The Kier molecular flexibility index (Phi) is 4.02. The van der Waals surface area contributed by atoms with Crippen LogP contribution in [0.15, 0.2) is 30.9 Å². The van der Waals surface area contributed by atoms with Crippen LogP contribution >= 0.6 is 0 Å². The van der Waals surface area contributed by atoms with Gasteiger partial charge in [0.15, 0.2) is 0 Å². The number of carbonyl (C=O) groups is 1. The fourth-order valence-electron chi connectivity index (χ4n) is 2.19. The third-order valence-electron chi connectivity index (χ3n) is 3.12. The molecule has 0 aliphatic heterocycles. The van der Waals surface area contributed by atoms with Gasteiger partial charge in [0, 0.05) is 11.8 Å². The van der Waals surface area contributed by atoms with Crippen LogP contribution in [0, 0.1) is 5.92 Å². The van der Waals surface area contributed by atoms with Crippen LogP contribution in [0.5, 0.6) is 0 Å². The number of rotatable bonds is 4. The number of nitrogens with two attached hydrogens (primary N) is 1. The molecule has 0 aliphatic rings. The first kappa shape index (κ1) is 14.0. The molecule has 2 rings (SSSR count). The lowest BCUT2D eigenvalue weighted by Crippen LogP contribution is -2.25. The van der Waals surface area contributed by atoms with Crippen molar-refractivity contribution >= 4 is 11.8 Å². The summed E-state index contributed by atoms with van der Waals surface area (Å²) in [6.07, 6.45) is 4.96. The number of nitrogens with zero attached hydrogens (tertiary/aromatic N) is 3. The third-order valence-corrected chi connectivity index (χ3v) is 3.12. The Bertz CT molecular complexity index is 607. The van der Waals surface area contributed by atoms with Gasteiger partial charge in [-0.15, -0.1) is 0 Å². The molecule has 2 heterocycles. The van der Waals surface area contributed by atoms with E-state index in [4.69, 9.17) is 10.5 Å². The zero-order chi connectivity index (χ0) is 14.7. The SMILES string of the molecule is COC(=O)C(C(C)C)n1cncc1-c1ccnc(N)c1. The number of pyridine rings is 1. The zero-order valence-corrected chi connectivity index (χ0v) is 11.8. The number of aromatic nitrogens is 3. The monoisotopic (exact) mass is 274 g/mol. The van der Waals surface area contributed by atoms with Crippen LogP contribution in [0.1, 0.15) is 19.9 Å². The van der Waals surface area contributed by atoms with Gasteiger partial charge in [0.05, 0.1) is 25.3 Å². The Hall–Kier alpha value is -2.37. The van der Waals surface area contributed by atoms with E-state index in [2.05, 4.69) is 9.97 Å². The number of nitrogen functional groups attached to an aromatic ring is 1. The molecule has 0 bridgehead atoms. The normalized spacial score (nSPS) is 12.4. The highest BCUT2D eigenvalue weighted by molar-refractivity contribution is 5.76. The lowest BCUT2D eigenvalue weighted by Gasteiger charge is -2.22. The smallest absolute Gasteiger partial charge is 0.329 e. The van der Waals surface area contributed by atoms with E-state index >= 15 is 0 Å². The number of anilines is 1. The van der Waals surface area contributed by atoms with E-state index < -0.39 is 6.04 Å². The Morgan fingerprint density at radius 3 is 2.80 bits per heavy atom. The molecular formula is C14H18N4O2. The Morgan fingerprint density at radius 1 is 1.45 bits per heavy atom. The third kappa shape index (κ3) is 2.64. The van der Waals surface area contributed by atoms with E-state index in [0.29, 0.717) is 5.82 Å². The highest BCUT2D eigenvalue weighted by Gasteiger charge is 2.27. The molecular weight excluding hydrogens is 256 g/mol. The molecule has 1 atom stereocenters. The number of hydrogen-bond acceptors (Lipinski definition) is 5. The molecule has 0 spiro atoms. The van der Waals surface area contributed by atoms with Crippen LogP contribution in [0.25, 0.3) is 11.3 Å². The van der Waals surface area contributed by atoms with Crippen LogP contribution in [-0.4, -0.2) is 27.6 Å². The van der Waals surface area contributed by atoms with Crippen molar-refractivity contribution in [3.8, 4) is 11.3 Å². The first-order valence-electron chi connectivity index (χ1n) is 6.36. The summed E-state index contributed by atoms with van der Waals surface area (Å²) in [5.41, 5.74) is 7.38. The summed E-state index contributed by atoms with van der Waals surface area (Å²) in [7, 11) is 1.39. The lowest BCUT2D eigenvalue weighted by atomic mass is 10.0. The number of methoxy groups -OCH3 is 1. The first-order chi connectivity index (χ1) is 9.54. The molecule has 2 aromatic rings. The predicted molar refractivity (Wildman–Crippen MR) is 75.8 cm³/mol. The van der Waals surface area contributed by atoms with Crippen molar-refractivity contribution < 1.29 is 9.53 Å². The molecule has 0 radical (unpaired) electrons. The van der Waals surface area contributed by atoms with Crippen molar-refractivity contribution in [2.24, 2.45) is 5.92 Å². The number of ether oxygens (including phenoxy) is 1. The van der Waals surface area contributed by atoms with Gasteiger partial charge >= 0.3 is 5.97 Å². The molecule has 1 unspecified atom stereocenters. The second-order valence-corrected chi connectivity index (χ2v) is 4.87. The van der Waals surface area contributed by atoms with Gasteiger partial charge in [0.2, 0.25) is 0 Å². The Morgan fingerprint density at radius 2 is 2.20 bits per heavy atom. The Labute approximate surface area is 117 Å². The van der Waals surface area contributed by atoms with Crippen LogP contribution < -0.4 is 5.73 Å². The average molecular weight is 274 g/mol. The highest BCUT2D eigenvalue weighted by Crippen LogP contribution is 2.27. The van der Waals surface area contributed by atoms with E-state index in [-0.39, 0.29) is 11.9 Å². The van der Waals surface area contributed by atoms with E-state index in [1.54, 1.807) is 24.8 Å². The van der Waals surface area contributed by atoms with Crippen molar-refractivity contribution in [3.63, 3.8) is 0 Å². The summed E-state index contributed by atoms with van der Waals surface area (Å²) < 4.78 is 6.70. The van der Waals surface area contributed by atoms with E-state index in [1.165, 1.54) is 7.11 Å². The van der Waals surface area contributed by atoms with Crippen molar-refractivity contribution in [1.29, 1.82) is 0 Å². The van der Waals surface area contributed by atoms with Gasteiger partial charge in [-0.25, -0.2) is 14.8 Å². The van der Waals surface area contributed by atoms with E-state index in [9.17, 15) is 4.79 Å². The summed E-state index contributed by atoms with van der Waals surface area (Å²) >= 11 is 0. The van der Waals surface area contributed by atoms with Gasteiger partial charge in [-0.05, 0) is 18.1 Å². The maximum atomic E-state index is 12.0. The van der Waals surface area contributed by atoms with E-state index in [0.717, 1.165) is 11.3 Å². The topological polar surface area (TPSA) is 83.0 Å². The minimum atomic E-state index is -0.424. The maximum Gasteiger partial charge on any atom is 0.329 e. The standard InChI is InChI=1S/C14H18N4O2/c1-9(2)13(14(19)20-3)18-8-16-7-11(18)10-4-5-17-12(15)6-10/h4-9,13H,1-3H3,(H2,15,17).